The van der Waals surface area contributed by atoms with Crippen LogP contribution in [0.5, 0.6) is 0 Å². The van der Waals surface area contributed by atoms with Crippen LogP contribution in [0.3, 0.4) is 0 Å². The normalized spacial score (nSPS) is 9.62. The standard InChI is InChI=1S/C5H12N2O/c1-4(2)5(6)7(3)8/h4,6,8H,1-3H3. The Bertz CT molecular complexity index is 78.4. The molecule has 2 N–H and O–H groups in total. The van der Waals surface area contributed by atoms with Crippen molar-refractivity contribution in [3.05, 3.63) is 0 Å². The van der Waals surface area contributed by atoms with E-state index >= 15 is 0 Å². The number of nitrogens with zero attached hydrogens (tertiary/aromatic N) is 1. The summed E-state index contributed by atoms with van der Waals surface area (Å²) in [5.74, 6) is 0.343. The monoisotopic (exact) mass is 116 g/mol. The first-order valence-electron chi connectivity index (χ1n) is 2.56. The Kier molecular flexibility index (Phi) is 2.48. The van der Waals surface area contributed by atoms with E-state index in [0.717, 1.165) is 5.06 Å². The molecule has 0 saturated carbocycles. The molecule has 0 unspecified atom stereocenters. The SMILES string of the molecule is CC(C)C(=N)N(C)O. The Morgan fingerprint density at radius 2 is 2.00 bits per heavy atom. The van der Waals surface area contributed by atoms with Crippen LogP contribution in [0.25, 0.3) is 0 Å². The maximum atomic E-state index is 8.60. The molecule has 0 bridgehead atoms. The van der Waals surface area contributed by atoms with Crippen LogP contribution in [0.2, 0.25) is 0 Å². The van der Waals surface area contributed by atoms with Gasteiger partial charge in [0.15, 0.2) is 0 Å². The van der Waals surface area contributed by atoms with Crippen LogP contribution in [0, 0.1) is 11.3 Å². The lowest BCUT2D eigenvalue weighted by atomic mass is 10.2. The Hall–Kier alpha value is -0.570. The van der Waals surface area contributed by atoms with Crippen molar-refractivity contribution in [2.24, 2.45) is 5.92 Å². The molecule has 0 spiro atoms. The molecule has 0 aromatic carbocycles. The van der Waals surface area contributed by atoms with E-state index in [1.165, 1.54) is 7.05 Å². The lowest BCUT2D eigenvalue weighted by molar-refractivity contribution is 0.00742. The van der Waals surface area contributed by atoms with Gasteiger partial charge in [0, 0.05) is 13.0 Å². The molecule has 0 fully saturated rings. The van der Waals surface area contributed by atoms with Crippen molar-refractivity contribution in [2.75, 3.05) is 7.05 Å². The Morgan fingerprint density at radius 1 is 1.62 bits per heavy atom. The number of amidine groups is 1. The molecule has 0 radical (unpaired) electrons. The number of hydroxylamine groups is 2. The summed E-state index contributed by atoms with van der Waals surface area (Å²) in [7, 11) is 1.45. The quantitative estimate of drug-likeness (QED) is 0.304. The first-order valence-corrected chi connectivity index (χ1v) is 2.56. The highest BCUT2D eigenvalue weighted by Crippen LogP contribution is 1.94. The van der Waals surface area contributed by atoms with Gasteiger partial charge in [0.05, 0.1) is 0 Å². The van der Waals surface area contributed by atoms with E-state index in [9.17, 15) is 0 Å². The molecule has 3 nitrogen and oxygen atoms in total. The van der Waals surface area contributed by atoms with Crippen molar-refractivity contribution in [1.82, 2.24) is 5.06 Å². The summed E-state index contributed by atoms with van der Waals surface area (Å²) in [6.07, 6.45) is 0. The average Bonchev–Trinajstić information content (AvgIpc) is 1.64. The van der Waals surface area contributed by atoms with Crippen LogP contribution in [-0.2, 0) is 0 Å². The van der Waals surface area contributed by atoms with E-state index in [4.69, 9.17) is 10.6 Å². The van der Waals surface area contributed by atoms with Gasteiger partial charge >= 0.3 is 0 Å². The van der Waals surface area contributed by atoms with Gasteiger partial charge in [0.1, 0.15) is 5.84 Å². The molecule has 0 aliphatic carbocycles. The molecule has 0 rings (SSSR count). The van der Waals surface area contributed by atoms with Gasteiger partial charge in [-0.1, -0.05) is 13.8 Å². The Balaban J connectivity index is 3.65. The first-order chi connectivity index (χ1) is 3.55. The molecule has 0 aliphatic rings. The molecule has 48 valence electrons. The second kappa shape index (κ2) is 2.67. The van der Waals surface area contributed by atoms with Gasteiger partial charge in [-0.3, -0.25) is 10.6 Å². The number of rotatable bonds is 1. The lowest BCUT2D eigenvalue weighted by Gasteiger charge is -2.13. The van der Waals surface area contributed by atoms with Crippen LogP contribution >= 0.6 is 0 Å². The van der Waals surface area contributed by atoms with Crippen LogP contribution in [-0.4, -0.2) is 23.2 Å². The van der Waals surface area contributed by atoms with Gasteiger partial charge < -0.3 is 0 Å². The van der Waals surface area contributed by atoms with E-state index in [-0.39, 0.29) is 11.8 Å². The lowest BCUT2D eigenvalue weighted by Crippen LogP contribution is -2.26. The molecule has 0 saturated heterocycles. The van der Waals surface area contributed by atoms with Crippen molar-refractivity contribution in [3.63, 3.8) is 0 Å². The number of hydrogen-bond acceptors (Lipinski definition) is 2. The maximum absolute atomic E-state index is 8.60. The molecule has 0 aliphatic heterocycles. The maximum Gasteiger partial charge on any atom is 0.123 e. The second-order valence-corrected chi connectivity index (χ2v) is 2.06. The summed E-state index contributed by atoms with van der Waals surface area (Å²) in [5, 5.41) is 16.5. The van der Waals surface area contributed by atoms with Crippen molar-refractivity contribution < 1.29 is 5.21 Å². The predicted molar refractivity (Wildman–Crippen MR) is 32.1 cm³/mol. The summed E-state index contributed by atoms with van der Waals surface area (Å²) in [5.41, 5.74) is 0. The van der Waals surface area contributed by atoms with Crippen molar-refractivity contribution in [2.45, 2.75) is 13.8 Å². The van der Waals surface area contributed by atoms with E-state index in [1.54, 1.807) is 0 Å². The third-order valence-corrected chi connectivity index (χ3v) is 0.896. The smallest absolute Gasteiger partial charge is 0.123 e. The topological polar surface area (TPSA) is 47.3 Å². The summed E-state index contributed by atoms with van der Waals surface area (Å²) >= 11 is 0. The zero-order chi connectivity index (χ0) is 6.73. The first kappa shape index (κ1) is 7.43. The minimum atomic E-state index is 0.102. The zero-order valence-electron chi connectivity index (χ0n) is 5.47. The largest absolute Gasteiger partial charge is 0.288 e. The zero-order valence-corrected chi connectivity index (χ0v) is 5.47. The summed E-state index contributed by atoms with van der Waals surface area (Å²) in [4.78, 5) is 0. The van der Waals surface area contributed by atoms with Crippen LogP contribution in [0.1, 0.15) is 13.8 Å². The Morgan fingerprint density at radius 3 is 2.00 bits per heavy atom. The molecule has 3 heteroatoms. The van der Waals surface area contributed by atoms with Crippen LogP contribution in [0.15, 0.2) is 0 Å². The van der Waals surface area contributed by atoms with Crippen LogP contribution in [0.4, 0.5) is 0 Å². The van der Waals surface area contributed by atoms with E-state index in [1.807, 2.05) is 13.8 Å². The highest BCUT2D eigenvalue weighted by atomic mass is 16.5. The van der Waals surface area contributed by atoms with Gasteiger partial charge in [-0.15, -0.1) is 0 Å². The predicted octanol–water partition coefficient (Wildman–Crippen LogP) is 0.941. The number of hydrogen-bond donors (Lipinski definition) is 2. The summed E-state index contributed by atoms with van der Waals surface area (Å²) in [6.45, 7) is 3.71. The summed E-state index contributed by atoms with van der Waals surface area (Å²) in [6, 6.07) is 0. The Labute approximate surface area is 49.4 Å². The highest BCUT2D eigenvalue weighted by molar-refractivity contribution is 5.79. The van der Waals surface area contributed by atoms with Gasteiger partial charge in [0.2, 0.25) is 0 Å². The fourth-order valence-corrected chi connectivity index (χ4v) is 0.374. The van der Waals surface area contributed by atoms with Crippen molar-refractivity contribution in [1.29, 1.82) is 5.41 Å². The minimum Gasteiger partial charge on any atom is -0.288 e. The average molecular weight is 116 g/mol. The third-order valence-electron chi connectivity index (χ3n) is 0.896. The molecule has 0 atom stereocenters. The van der Waals surface area contributed by atoms with Crippen molar-refractivity contribution in [3.8, 4) is 0 Å². The second-order valence-electron chi connectivity index (χ2n) is 2.06. The van der Waals surface area contributed by atoms with Gasteiger partial charge in [0.25, 0.3) is 0 Å². The van der Waals surface area contributed by atoms with E-state index in [2.05, 4.69) is 0 Å². The fourth-order valence-electron chi connectivity index (χ4n) is 0.374. The minimum absolute atomic E-state index is 0.102. The highest BCUT2D eigenvalue weighted by Gasteiger charge is 2.03. The molecule has 0 aromatic heterocycles. The molecular formula is C5H12N2O. The number of nitrogens with one attached hydrogen (secondary N) is 1. The van der Waals surface area contributed by atoms with E-state index < -0.39 is 0 Å². The van der Waals surface area contributed by atoms with Crippen molar-refractivity contribution >= 4 is 5.84 Å². The molecule has 8 heavy (non-hydrogen) atoms. The van der Waals surface area contributed by atoms with E-state index in [0.29, 0.717) is 0 Å². The summed E-state index contributed by atoms with van der Waals surface area (Å²) < 4.78 is 0. The van der Waals surface area contributed by atoms with Gasteiger partial charge in [-0.25, -0.2) is 5.06 Å². The van der Waals surface area contributed by atoms with Gasteiger partial charge in [-0.2, -0.15) is 0 Å². The van der Waals surface area contributed by atoms with Gasteiger partial charge in [-0.05, 0) is 0 Å². The third kappa shape index (κ3) is 1.93. The molecule has 0 heterocycles. The fraction of sp³-hybridized carbons (Fsp3) is 0.800. The molecule has 0 amide bonds. The van der Waals surface area contributed by atoms with Crippen LogP contribution < -0.4 is 0 Å². The molecular weight excluding hydrogens is 104 g/mol. The molecule has 0 aromatic rings.